The van der Waals surface area contributed by atoms with Gasteiger partial charge < -0.3 is 5.73 Å². The highest BCUT2D eigenvalue weighted by Crippen LogP contribution is 2.19. The van der Waals surface area contributed by atoms with Gasteiger partial charge in [0.05, 0.1) is 5.69 Å². The summed E-state index contributed by atoms with van der Waals surface area (Å²) in [6.07, 6.45) is 0. The van der Waals surface area contributed by atoms with Crippen LogP contribution in [0.2, 0.25) is 0 Å². The number of benzene rings is 1. The van der Waals surface area contributed by atoms with Crippen LogP contribution in [0.3, 0.4) is 0 Å². The molecule has 2 N–H and O–H groups in total. The van der Waals surface area contributed by atoms with Crippen molar-refractivity contribution in [1.29, 1.82) is 0 Å². The molecule has 2 aromatic rings. The molecule has 0 fully saturated rings. The molecule has 0 amide bonds. The third-order valence-corrected chi connectivity index (χ3v) is 2.42. The Hall–Kier alpha value is -1.81. The molecule has 0 radical (unpaired) electrons. The van der Waals surface area contributed by atoms with Crippen molar-refractivity contribution in [1.82, 2.24) is 9.97 Å². The zero-order valence-electron chi connectivity index (χ0n) is 9.87. The smallest absolute Gasteiger partial charge is 0.159 e. The van der Waals surface area contributed by atoms with E-state index in [2.05, 4.69) is 9.97 Å². The van der Waals surface area contributed by atoms with Crippen molar-refractivity contribution >= 4 is 0 Å². The molecule has 0 aliphatic heterocycles. The van der Waals surface area contributed by atoms with E-state index in [0.29, 0.717) is 17.9 Å². The number of nitrogens with zero attached hydrogens (tertiary/aromatic N) is 2. The van der Waals surface area contributed by atoms with Crippen molar-refractivity contribution in [3.8, 4) is 11.4 Å². The van der Waals surface area contributed by atoms with Gasteiger partial charge in [-0.3, -0.25) is 0 Å². The topological polar surface area (TPSA) is 51.8 Å². The molecule has 88 valence electrons. The van der Waals surface area contributed by atoms with Gasteiger partial charge in [0, 0.05) is 17.8 Å². The molecule has 17 heavy (non-hydrogen) atoms. The monoisotopic (exact) mass is 231 g/mol. The molecule has 0 saturated carbocycles. The van der Waals surface area contributed by atoms with E-state index in [1.807, 2.05) is 26.0 Å². The van der Waals surface area contributed by atoms with Crippen LogP contribution in [0.1, 0.15) is 17.0 Å². The Labute approximate surface area is 99.5 Å². The lowest BCUT2D eigenvalue weighted by molar-refractivity contribution is 0.627. The van der Waals surface area contributed by atoms with Crippen LogP contribution in [0.4, 0.5) is 4.39 Å². The highest BCUT2D eigenvalue weighted by molar-refractivity contribution is 5.56. The van der Waals surface area contributed by atoms with E-state index in [0.717, 1.165) is 17.0 Å². The van der Waals surface area contributed by atoms with Crippen molar-refractivity contribution in [2.45, 2.75) is 20.4 Å². The minimum Gasteiger partial charge on any atom is -0.325 e. The van der Waals surface area contributed by atoms with Crippen LogP contribution in [-0.2, 0) is 6.54 Å². The first-order chi connectivity index (χ1) is 8.08. The lowest BCUT2D eigenvalue weighted by Crippen LogP contribution is -2.03. The van der Waals surface area contributed by atoms with Crippen molar-refractivity contribution < 1.29 is 4.39 Å². The molecule has 4 heteroatoms. The summed E-state index contributed by atoms with van der Waals surface area (Å²) in [4.78, 5) is 8.60. The third-order valence-electron chi connectivity index (χ3n) is 2.42. The summed E-state index contributed by atoms with van der Waals surface area (Å²) in [5.74, 6) is 0.243. The quantitative estimate of drug-likeness (QED) is 0.863. The molecule has 3 nitrogen and oxygen atoms in total. The highest BCUT2D eigenvalue weighted by atomic mass is 19.1. The fraction of sp³-hybridized carbons (Fsp3) is 0.231. The van der Waals surface area contributed by atoms with Gasteiger partial charge in [0.25, 0.3) is 0 Å². The molecule has 2 rings (SSSR count). The van der Waals surface area contributed by atoms with Gasteiger partial charge in [-0.2, -0.15) is 0 Å². The summed E-state index contributed by atoms with van der Waals surface area (Å²) >= 11 is 0. The fourth-order valence-corrected chi connectivity index (χ4v) is 1.73. The Bertz CT molecular complexity index is 532. The molecular formula is C13H14FN3. The second-order valence-corrected chi connectivity index (χ2v) is 4.05. The third kappa shape index (κ3) is 2.65. The number of rotatable bonds is 2. The molecule has 0 spiro atoms. The average molecular weight is 231 g/mol. The molecule has 0 atom stereocenters. The van der Waals surface area contributed by atoms with Gasteiger partial charge >= 0.3 is 0 Å². The zero-order valence-corrected chi connectivity index (χ0v) is 9.87. The summed E-state index contributed by atoms with van der Waals surface area (Å²) in [7, 11) is 0. The minimum atomic E-state index is -0.278. The molecular weight excluding hydrogens is 217 g/mol. The Morgan fingerprint density at radius 2 is 1.88 bits per heavy atom. The van der Waals surface area contributed by atoms with Crippen molar-refractivity contribution in [2.75, 3.05) is 0 Å². The van der Waals surface area contributed by atoms with Crippen LogP contribution >= 0.6 is 0 Å². The van der Waals surface area contributed by atoms with Gasteiger partial charge in [-0.25, -0.2) is 14.4 Å². The van der Waals surface area contributed by atoms with E-state index >= 15 is 0 Å². The maximum Gasteiger partial charge on any atom is 0.159 e. The lowest BCUT2D eigenvalue weighted by Gasteiger charge is -2.05. The van der Waals surface area contributed by atoms with E-state index in [4.69, 9.17) is 5.73 Å². The highest BCUT2D eigenvalue weighted by Gasteiger charge is 2.06. The van der Waals surface area contributed by atoms with Gasteiger partial charge in [-0.15, -0.1) is 0 Å². The number of aromatic nitrogens is 2. The molecule has 0 unspecified atom stereocenters. The maximum absolute atomic E-state index is 13.3. The molecule has 1 heterocycles. The first-order valence-electron chi connectivity index (χ1n) is 5.40. The van der Waals surface area contributed by atoms with E-state index in [-0.39, 0.29) is 5.82 Å². The fourth-order valence-electron chi connectivity index (χ4n) is 1.73. The van der Waals surface area contributed by atoms with E-state index in [1.165, 1.54) is 12.1 Å². The van der Waals surface area contributed by atoms with Crippen LogP contribution in [0.15, 0.2) is 24.3 Å². The second kappa shape index (κ2) is 4.59. The largest absolute Gasteiger partial charge is 0.325 e. The zero-order chi connectivity index (χ0) is 12.4. The summed E-state index contributed by atoms with van der Waals surface area (Å²) in [6.45, 7) is 4.06. The van der Waals surface area contributed by atoms with Crippen LogP contribution in [0, 0.1) is 19.7 Å². The van der Waals surface area contributed by atoms with Crippen molar-refractivity contribution in [3.63, 3.8) is 0 Å². The van der Waals surface area contributed by atoms with E-state index < -0.39 is 0 Å². The van der Waals surface area contributed by atoms with Gasteiger partial charge in [-0.05, 0) is 43.7 Å². The number of hydrogen-bond acceptors (Lipinski definition) is 3. The van der Waals surface area contributed by atoms with Crippen LogP contribution in [0.25, 0.3) is 11.4 Å². The Balaban J connectivity index is 2.55. The standard InChI is InChI=1S/C13H14FN3/c1-8-3-10(6-11(14)4-8)13-16-9(2)5-12(7-15)17-13/h3-6H,7,15H2,1-2H3. The molecule has 0 aliphatic carbocycles. The Morgan fingerprint density at radius 1 is 1.12 bits per heavy atom. The Kier molecular flexibility index (Phi) is 3.15. The van der Waals surface area contributed by atoms with Gasteiger partial charge in [0.15, 0.2) is 5.82 Å². The summed E-state index contributed by atoms with van der Waals surface area (Å²) in [6, 6.07) is 6.60. The predicted octanol–water partition coefficient (Wildman–Crippen LogP) is 2.36. The summed E-state index contributed by atoms with van der Waals surface area (Å²) in [5, 5.41) is 0. The van der Waals surface area contributed by atoms with Gasteiger partial charge in [0.1, 0.15) is 5.82 Å². The summed E-state index contributed by atoms with van der Waals surface area (Å²) in [5.41, 5.74) is 8.68. The number of halogens is 1. The number of nitrogens with two attached hydrogens (primary N) is 1. The minimum absolute atomic E-state index is 0.278. The normalized spacial score (nSPS) is 10.6. The average Bonchev–Trinajstić information content (AvgIpc) is 2.26. The first kappa shape index (κ1) is 11.7. The van der Waals surface area contributed by atoms with Crippen LogP contribution in [0.5, 0.6) is 0 Å². The predicted molar refractivity (Wildman–Crippen MR) is 64.8 cm³/mol. The molecule has 1 aromatic carbocycles. The molecule has 1 aromatic heterocycles. The SMILES string of the molecule is Cc1cc(F)cc(-c2nc(C)cc(CN)n2)c1. The number of hydrogen-bond donors (Lipinski definition) is 1. The van der Waals surface area contributed by atoms with Crippen molar-refractivity contribution in [2.24, 2.45) is 5.73 Å². The van der Waals surface area contributed by atoms with Crippen molar-refractivity contribution in [3.05, 3.63) is 47.0 Å². The Morgan fingerprint density at radius 3 is 2.53 bits per heavy atom. The van der Waals surface area contributed by atoms with Crippen LogP contribution < -0.4 is 5.73 Å². The molecule has 0 aliphatic rings. The van der Waals surface area contributed by atoms with E-state index in [9.17, 15) is 4.39 Å². The second-order valence-electron chi connectivity index (χ2n) is 4.05. The van der Waals surface area contributed by atoms with Gasteiger partial charge in [0.2, 0.25) is 0 Å². The van der Waals surface area contributed by atoms with E-state index in [1.54, 1.807) is 0 Å². The summed E-state index contributed by atoms with van der Waals surface area (Å²) < 4.78 is 13.3. The van der Waals surface area contributed by atoms with Gasteiger partial charge in [-0.1, -0.05) is 0 Å². The first-order valence-corrected chi connectivity index (χ1v) is 5.40. The lowest BCUT2D eigenvalue weighted by atomic mass is 10.1. The number of aryl methyl sites for hydroxylation is 2. The molecule has 0 bridgehead atoms. The molecule has 0 saturated heterocycles. The maximum atomic E-state index is 13.3. The van der Waals surface area contributed by atoms with Crippen LogP contribution in [-0.4, -0.2) is 9.97 Å².